The zero-order valence-corrected chi connectivity index (χ0v) is 11.8. The summed E-state index contributed by atoms with van der Waals surface area (Å²) in [5.41, 5.74) is 0.415. The first-order chi connectivity index (χ1) is 7.39. The number of nitrogens with one attached hydrogen (secondary N) is 2. The zero-order chi connectivity index (χ0) is 12.2. The maximum absolute atomic E-state index is 3.68. The molecule has 1 aliphatic heterocycles. The Kier molecular flexibility index (Phi) is 5.26. The van der Waals surface area contributed by atoms with Crippen molar-refractivity contribution in [2.45, 2.75) is 66.0 Å². The molecule has 1 saturated heterocycles. The molecule has 0 amide bonds. The van der Waals surface area contributed by atoms with E-state index >= 15 is 0 Å². The molecule has 1 rings (SSSR count). The molecular formula is C14H30N2. The van der Waals surface area contributed by atoms with E-state index in [2.05, 4.69) is 45.3 Å². The van der Waals surface area contributed by atoms with Crippen molar-refractivity contribution in [1.82, 2.24) is 10.6 Å². The lowest BCUT2D eigenvalue weighted by atomic mass is 9.82. The first-order valence-corrected chi connectivity index (χ1v) is 6.86. The second-order valence-electron chi connectivity index (χ2n) is 6.61. The van der Waals surface area contributed by atoms with Crippen molar-refractivity contribution >= 4 is 0 Å². The lowest BCUT2D eigenvalue weighted by Gasteiger charge is -2.29. The molecule has 1 fully saturated rings. The van der Waals surface area contributed by atoms with Crippen molar-refractivity contribution in [3.63, 3.8) is 0 Å². The molecule has 0 spiro atoms. The third-order valence-corrected chi connectivity index (χ3v) is 4.05. The number of rotatable bonds is 5. The highest BCUT2D eigenvalue weighted by Gasteiger charge is 2.21. The van der Waals surface area contributed by atoms with Crippen LogP contribution in [0.2, 0.25) is 0 Å². The van der Waals surface area contributed by atoms with Crippen LogP contribution in [0.4, 0.5) is 0 Å². The third-order valence-electron chi connectivity index (χ3n) is 4.05. The Bertz CT molecular complexity index is 189. The summed E-state index contributed by atoms with van der Waals surface area (Å²) in [4.78, 5) is 0. The van der Waals surface area contributed by atoms with Gasteiger partial charge in [-0.3, -0.25) is 0 Å². The highest BCUT2D eigenvalue weighted by atomic mass is 15.0. The van der Waals surface area contributed by atoms with Crippen LogP contribution in [0.5, 0.6) is 0 Å². The zero-order valence-electron chi connectivity index (χ0n) is 11.8. The van der Waals surface area contributed by atoms with Crippen LogP contribution in [0.15, 0.2) is 0 Å². The van der Waals surface area contributed by atoms with Crippen LogP contribution >= 0.6 is 0 Å². The van der Waals surface area contributed by atoms with Gasteiger partial charge >= 0.3 is 0 Å². The molecular weight excluding hydrogens is 196 g/mol. The van der Waals surface area contributed by atoms with E-state index in [0.29, 0.717) is 11.5 Å². The molecule has 16 heavy (non-hydrogen) atoms. The average molecular weight is 226 g/mol. The predicted molar refractivity (Wildman–Crippen MR) is 71.7 cm³/mol. The topological polar surface area (TPSA) is 24.1 Å². The van der Waals surface area contributed by atoms with Crippen molar-refractivity contribution in [3.05, 3.63) is 0 Å². The molecule has 0 bridgehead atoms. The van der Waals surface area contributed by atoms with E-state index in [1.54, 1.807) is 0 Å². The summed E-state index contributed by atoms with van der Waals surface area (Å²) in [5.74, 6) is 0.728. The van der Waals surface area contributed by atoms with Gasteiger partial charge < -0.3 is 10.6 Å². The summed E-state index contributed by atoms with van der Waals surface area (Å²) >= 11 is 0. The van der Waals surface area contributed by atoms with Crippen LogP contribution in [-0.4, -0.2) is 25.2 Å². The van der Waals surface area contributed by atoms with Crippen molar-refractivity contribution in [1.29, 1.82) is 0 Å². The van der Waals surface area contributed by atoms with Crippen LogP contribution in [0.25, 0.3) is 0 Å². The Balaban J connectivity index is 2.16. The molecule has 2 heteroatoms. The Morgan fingerprint density at radius 2 is 2.00 bits per heavy atom. The lowest BCUT2D eigenvalue weighted by Crippen LogP contribution is -2.38. The van der Waals surface area contributed by atoms with E-state index in [1.165, 1.54) is 25.8 Å². The molecule has 0 aliphatic carbocycles. The Labute approximate surface area is 102 Å². The van der Waals surface area contributed by atoms with E-state index in [-0.39, 0.29) is 0 Å². The van der Waals surface area contributed by atoms with Crippen LogP contribution in [0.3, 0.4) is 0 Å². The van der Waals surface area contributed by atoms with Crippen LogP contribution in [0.1, 0.15) is 53.9 Å². The maximum Gasteiger partial charge on any atom is 0.00822 e. The van der Waals surface area contributed by atoms with Crippen molar-refractivity contribution < 1.29 is 0 Å². The molecule has 2 N–H and O–H groups in total. The van der Waals surface area contributed by atoms with Crippen molar-refractivity contribution in [2.24, 2.45) is 11.3 Å². The molecule has 1 heterocycles. The standard InChI is InChI=1S/C14H30N2/c1-11(14(3,4)5)10-16-12(2)9-13-7-6-8-15-13/h11-13,15-16H,6-10H2,1-5H3. The minimum absolute atomic E-state index is 0.415. The third kappa shape index (κ3) is 4.84. The van der Waals surface area contributed by atoms with Gasteiger partial charge in [-0.05, 0) is 50.6 Å². The Hall–Kier alpha value is -0.0800. The van der Waals surface area contributed by atoms with E-state index in [9.17, 15) is 0 Å². The summed E-state index contributed by atoms with van der Waals surface area (Å²) in [6.45, 7) is 14.0. The molecule has 0 aromatic rings. The first-order valence-electron chi connectivity index (χ1n) is 6.86. The van der Waals surface area contributed by atoms with Gasteiger partial charge in [0.25, 0.3) is 0 Å². The normalized spacial score (nSPS) is 25.7. The van der Waals surface area contributed by atoms with Gasteiger partial charge in [0.2, 0.25) is 0 Å². The van der Waals surface area contributed by atoms with Gasteiger partial charge in [-0.2, -0.15) is 0 Å². The first kappa shape index (κ1) is 14.0. The Morgan fingerprint density at radius 1 is 1.31 bits per heavy atom. The van der Waals surface area contributed by atoms with E-state index in [4.69, 9.17) is 0 Å². The van der Waals surface area contributed by atoms with Gasteiger partial charge in [-0.15, -0.1) is 0 Å². The molecule has 2 nitrogen and oxygen atoms in total. The SMILES string of the molecule is CC(CC1CCCN1)NCC(C)C(C)(C)C. The summed E-state index contributed by atoms with van der Waals surface area (Å²) in [6.07, 6.45) is 3.99. The number of hydrogen-bond donors (Lipinski definition) is 2. The average Bonchev–Trinajstić information content (AvgIpc) is 2.65. The molecule has 96 valence electrons. The molecule has 0 saturated carbocycles. The maximum atomic E-state index is 3.68. The molecule has 3 unspecified atom stereocenters. The van der Waals surface area contributed by atoms with Gasteiger partial charge in [0, 0.05) is 12.1 Å². The van der Waals surface area contributed by atoms with Gasteiger partial charge in [0.05, 0.1) is 0 Å². The minimum Gasteiger partial charge on any atom is -0.314 e. The van der Waals surface area contributed by atoms with Crippen LogP contribution in [-0.2, 0) is 0 Å². The molecule has 0 aromatic heterocycles. The largest absolute Gasteiger partial charge is 0.314 e. The van der Waals surface area contributed by atoms with Gasteiger partial charge in [0.1, 0.15) is 0 Å². The quantitative estimate of drug-likeness (QED) is 0.753. The Morgan fingerprint density at radius 3 is 2.50 bits per heavy atom. The van der Waals surface area contributed by atoms with Gasteiger partial charge in [-0.1, -0.05) is 27.7 Å². The van der Waals surface area contributed by atoms with Crippen LogP contribution < -0.4 is 10.6 Å². The van der Waals surface area contributed by atoms with Gasteiger partial charge in [-0.25, -0.2) is 0 Å². The number of hydrogen-bond acceptors (Lipinski definition) is 2. The second kappa shape index (κ2) is 6.02. The fourth-order valence-corrected chi connectivity index (χ4v) is 2.15. The lowest BCUT2D eigenvalue weighted by molar-refractivity contribution is 0.243. The van der Waals surface area contributed by atoms with Gasteiger partial charge in [0.15, 0.2) is 0 Å². The monoisotopic (exact) mass is 226 g/mol. The summed E-state index contributed by atoms with van der Waals surface area (Å²) < 4.78 is 0. The highest BCUT2D eigenvalue weighted by molar-refractivity contribution is 4.80. The van der Waals surface area contributed by atoms with E-state index in [1.807, 2.05) is 0 Å². The molecule has 0 aromatic carbocycles. The molecule has 3 atom stereocenters. The molecule has 0 radical (unpaired) electrons. The van der Waals surface area contributed by atoms with E-state index < -0.39 is 0 Å². The van der Waals surface area contributed by atoms with Crippen molar-refractivity contribution in [2.75, 3.05) is 13.1 Å². The van der Waals surface area contributed by atoms with E-state index in [0.717, 1.165) is 18.5 Å². The minimum atomic E-state index is 0.415. The fourth-order valence-electron chi connectivity index (χ4n) is 2.15. The molecule has 1 aliphatic rings. The highest BCUT2D eigenvalue weighted by Crippen LogP contribution is 2.24. The van der Waals surface area contributed by atoms with Crippen molar-refractivity contribution in [3.8, 4) is 0 Å². The van der Waals surface area contributed by atoms with Crippen LogP contribution in [0, 0.1) is 11.3 Å². The summed E-state index contributed by atoms with van der Waals surface area (Å²) in [5, 5.41) is 7.24. The fraction of sp³-hybridized carbons (Fsp3) is 1.00. The summed E-state index contributed by atoms with van der Waals surface area (Å²) in [6, 6.07) is 1.40. The predicted octanol–water partition coefficient (Wildman–Crippen LogP) is 2.79. The summed E-state index contributed by atoms with van der Waals surface area (Å²) in [7, 11) is 0. The second-order valence-corrected chi connectivity index (χ2v) is 6.61. The smallest absolute Gasteiger partial charge is 0.00822 e.